The van der Waals surface area contributed by atoms with E-state index >= 15 is 0 Å². The smallest absolute Gasteiger partial charge is 0.335 e. The Bertz CT molecular complexity index is 1480. The molecule has 5 rings (SSSR count). The molecule has 37 heavy (non-hydrogen) atoms. The topological polar surface area (TPSA) is 84.2 Å². The van der Waals surface area contributed by atoms with Crippen LogP contribution < -0.4 is 5.32 Å². The number of amides is 1. The Morgan fingerprint density at radius 1 is 1.00 bits per heavy atom. The standard InChI is InChI=1S/C28H24ClF2N3O3/c29-19-9-6-17(7-10-19)26-32-23-15-20(30)11-13-24(23)34(26)25(16-4-2-1-3-5-16)27(35)33-22-12-8-18(28(36)37)14-21(22)31/h6-16,25H,1-5H2,(H,33,35)(H,36,37)/t25-/m0/s1. The fraction of sp³-hybridized carbons (Fsp3) is 0.250. The van der Waals surface area contributed by atoms with Gasteiger partial charge < -0.3 is 15.0 Å². The molecule has 0 unspecified atom stereocenters. The zero-order chi connectivity index (χ0) is 26.1. The van der Waals surface area contributed by atoms with Gasteiger partial charge in [-0.1, -0.05) is 30.9 Å². The Balaban J connectivity index is 1.64. The molecule has 1 fully saturated rings. The van der Waals surface area contributed by atoms with Crippen molar-refractivity contribution >= 4 is 40.2 Å². The zero-order valence-electron chi connectivity index (χ0n) is 19.8. The third-order valence-corrected chi connectivity index (χ3v) is 7.12. The molecule has 0 saturated heterocycles. The van der Waals surface area contributed by atoms with Gasteiger partial charge in [-0.25, -0.2) is 18.6 Å². The van der Waals surface area contributed by atoms with Crippen molar-refractivity contribution in [3.63, 3.8) is 0 Å². The largest absolute Gasteiger partial charge is 0.478 e. The van der Waals surface area contributed by atoms with Gasteiger partial charge in [-0.05, 0) is 73.4 Å². The predicted molar refractivity (Wildman–Crippen MR) is 138 cm³/mol. The number of nitrogens with zero attached hydrogens (tertiary/aromatic N) is 2. The summed E-state index contributed by atoms with van der Waals surface area (Å²) in [4.78, 5) is 29.8. The summed E-state index contributed by atoms with van der Waals surface area (Å²) < 4.78 is 30.7. The highest BCUT2D eigenvalue weighted by atomic mass is 35.5. The molecule has 6 nitrogen and oxygen atoms in total. The van der Waals surface area contributed by atoms with Crippen LogP contribution in [0.1, 0.15) is 48.5 Å². The maximum atomic E-state index is 14.7. The molecule has 1 atom stereocenters. The van der Waals surface area contributed by atoms with E-state index in [0.29, 0.717) is 27.4 Å². The van der Waals surface area contributed by atoms with Gasteiger partial charge in [-0.2, -0.15) is 0 Å². The number of aromatic carboxylic acids is 1. The number of imidazole rings is 1. The van der Waals surface area contributed by atoms with Gasteiger partial charge in [-0.15, -0.1) is 0 Å². The molecule has 190 valence electrons. The van der Waals surface area contributed by atoms with E-state index in [1.54, 1.807) is 30.3 Å². The lowest BCUT2D eigenvalue weighted by Gasteiger charge is -2.32. The van der Waals surface area contributed by atoms with Gasteiger partial charge in [-0.3, -0.25) is 4.79 Å². The highest BCUT2D eigenvalue weighted by Gasteiger charge is 2.35. The number of anilines is 1. The number of halogens is 3. The van der Waals surface area contributed by atoms with Gasteiger partial charge in [0.2, 0.25) is 5.91 Å². The van der Waals surface area contributed by atoms with Crippen LogP contribution in [-0.4, -0.2) is 26.5 Å². The molecule has 0 radical (unpaired) electrons. The average Bonchev–Trinajstić information content (AvgIpc) is 3.24. The van der Waals surface area contributed by atoms with Crippen LogP contribution in [0.15, 0.2) is 60.7 Å². The number of nitrogens with one attached hydrogen (secondary N) is 1. The van der Waals surface area contributed by atoms with Crippen molar-refractivity contribution in [1.29, 1.82) is 0 Å². The molecule has 1 aromatic heterocycles. The number of carbonyl (C=O) groups is 2. The minimum absolute atomic E-state index is 0.0661. The number of hydrogen-bond donors (Lipinski definition) is 2. The molecule has 0 bridgehead atoms. The van der Waals surface area contributed by atoms with E-state index in [9.17, 15) is 18.4 Å². The minimum atomic E-state index is -1.26. The van der Waals surface area contributed by atoms with E-state index in [2.05, 4.69) is 10.3 Å². The molecule has 1 heterocycles. The fourth-order valence-electron chi connectivity index (χ4n) is 5.10. The van der Waals surface area contributed by atoms with Gasteiger partial charge in [0.1, 0.15) is 23.5 Å². The molecule has 1 saturated carbocycles. The third kappa shape index (κ3) is 5.06. The molecule has 1 amide bonds. The lowest BCUT2D eigenvalue weighted by molar-refractivity contribution is -0.121. The Kier molecular flexibility index (Phi) is 6.93. The predicted octanol–water partition coefficient (Wildman–Crippen LogP) is 7.09. The molecule has 0 aliphatic heterocycles. The highest BCUT2D eigenvalue weighted by molar-refractivity contribution is 6.30. The first-order valence-corrected chi connectivity index (χ1v) is 12.5. The van der Waals surface area contributed by atoms with Crippen molar-refractivity contribution in [2.45, 2.75) is 38.1 Å². The zero-order valence-corrected chi connectivity index (χ0v) is 20.5. The second-order valence-corrected chi connectivity index (χ2v) is 9.71. The van der Waals surface area contributed by atoms with Gasteiger partial charge >= 0.3 is 5.97 Å². The summed E-state index contributed by atoms with van der Waals surface area (Å²) in [7, 11) is 0. The highest BCUT2D eigenvalue weighted by Crippen LogP contribution is 2.39. The molecule has 3 aromatic carbocycles. The summed E-state index contributed by atoms with van der Waals surface area (Å²) in [6, 6.07) is 13.9. The Hall–Kier alpha value is -3.78. The number of carbonyl (C=O) groups excluding carboxylic acids is 1. The van der Waals surface area contributed by atoms with Crippen LogP contribution in [-0.2, 0) is 4.79 Å². The molecule has 9 heteroatoms. The summed E-state index contributed by atoms with van der Waals surface area (Å²) in [5.41, 5.74) is 1.35. The van der Waals surface area contributed by atoms with Gasteiger partial charge in [0.25, 0.3) is 0 Å². The first kappa shape index (κ1) is 24.9. The van der Waals surface area contributed by atoms with E-state index < -0.39 is 29.6 Å². The summed E-state index contributed by atoms with van der Waals surface area (Å²) in [5, 5.41) is 12.4. The first-order chi connectivity index (χ1) is 17.8. The Morgan fingerprint density at radius 3 is 2.41 bits per heavy atom. The SMILES string of the molecule is O=C(O)c1ccc(NC(=O)[C@H](C2CCCCC2)n2c(-c3ccc(Cl)cc3)nc3cc(F)ccc32)c(F)c1. The number of aromatic nitrogens is 2. The molecular formula is C28H24ClF2N3O3. The van der Waals surface area contributed by atoms with Crippen LogP contribution in [0.5, 0.6) is 0 Å². The monoisotopic (exact) mass is 523 g/mol. The molecule has 1 aliphatic carbocycles. The lowest BCUT2D eigenvalue weighted by atomic mass is 9.83. The quantitative estimate of drug-likeness (QED) is 0.282. The van der Waals surface area contributed by atoms with Gasteiger partial charge in [0.15, 0.2) is 0 Å². The second-order valence-electron chi connectivity index (χ2n) is 9.28. The number of carboxylic acid groups (broad SMARTS) is 1. The number of fused-ring (bicyclic) bond motifs is 1. The number of rotatable bonds is 6. The molecular weight excluding hydrogens is 500 g/mol. The van der Waals surface area contributed by atoms with Crippen molar-refractivity contribution in [3.05, 3.63) is 82.9 Å². The van der Waals surface area contributed by atoms with E-state index in [1.165, 1.54) is 24.3 Å². The van der Waals surface area contributed by atoms with Crippen LogP contribution in [0.25, 0.3) is 22.4 Å². The van der Waals surface area contributed by atoms with Crippen molar-refractivity contribution in [2.75, 3.05) is 5.32 Å². The molecule has 2 N–H and O–H groups in total. The minimum Gasteiger partial charge on any atom is -0.478 e. The third-order valence-electron chi connectivity index (χ3n) is 6.87. The van der Waals surface area contributed by atoms with Crippen LogP contribution in [0.4, 0.5) is 14.5 Å². The van der Waals surface area contributed by atoms with Gasteiger partial charge in [0.05, 0.1) is 22.3 Å². The summed E-state index contributed by atoms with van der Waals surface area (Å²) in [6.45, 7) is 0. The van der Waals surface area contributed by atoms with Crippen LogP contribution in [0, 0.1) is 17.6 Å². The molecule has 0 spiro atoms. The fourth-order valence-corrected chi connectivity index (χ4v) is 5.23. The van der Waals surface area contributed by atoms with Gasteiger partial charge in [0, 0.05) is 16.7 Å². The van der Waals surface area contributed by atoms with E-state index in [4.69, 9.17) is 16.7 Å². The molecule has 1 aliphatic rings. The Labute approximate surface area is 216 Å². The number of hydrogen-bond acceptors (Lipinski definition) is 3. The van der Waals surface area contributed by atoms with Crippen LogP contribution in [0.2, 0.25) is 5.02 Å². The molecule has 4 aromatic rings. The Morgan fingerprint density at radius 2 is 1.73 bits per heavy atom. The van der Waals surface area contributed by atoms with Crippen LogP contribution in [0.3, 0.4) is 0 Å². The number of carboxylic acids is 1. The van der Waals surface area contributed by atoms with Crippen molar-refractivity contribution in [3.8, 4) is 11.4 Å². The summed E-state index contributed by atoms with van der Waals surface area (Å²) in [6.07, 6.45) is 4.55. The van der Waals surface area contributed by atoms with E-state index in [-0.39, 0.29) is 17.2 Å². The maximum Gasteiger partial charge on any atom is 0.335 e. The van der Waals surface area contributed by atoms with Crippen molar-refractivity contribution < 1.29 is 23.5 Å². The normalized spacial score (nSPS) is 15.0. The summed E-state index contributed by atoms with van der Waals surface area (Å²) >= 11 is 6.10. The average molecular weight is 524 g/mol. The lowest BCUT2D eigenvalue weighted by Crippen LogP contribution is -2.34. The van der Waals surface area contributed by atoms with Crippen molar-refractivity contribution in [1.82, 2.24) is 9.55 Å². The van der Waals surface area contributed by atoms with Crippen molar-refractivity contribution in [2.24, 2.45) is 5.92 Å². The maximum absolute atomic E-state index is 14.7. The summed E-state index contributed by atoms with van der Waals surface area (Å²) in [5.74, 6) is -2.59. The second kappa shape index (κ2) is 10.3. The van der Waals surface area contributed by atoms with E-state index in [1.807, 2.05) is 4.57 Å². The van der Waals surface area contributed by atoms with E-state index in [0.717, 1.165) is 38.2 Å². The van der Waals surface area contributed by atoms with Crippen LogP contribution >= 0.6 is 11.6 Å². The number of benzene rings is 3. The first-order valence-electron chi connectivity index (χ1n) is 12.1.